The van der Waals surface area contributed by atoms with Crippen molar-refractivity contribution >= 4 is 5.95 Å². The molecule has 0 spiro atoms. The molecule has 0 unspecified atom stereocenters. The van der Waals surface area contributed by atoms with Gasteiger partial charge in [0.25, 0.3) is 0 Å². The summed E-state index contributed by atoms with van der Waals surface area (Å²) in [5, 5.41) is 14.3. The molecule has 16 heavy (non-hydrogen) atoms. The Bertz CT molecular complexity index is 481. The lowest BCUT2D eigenvalue weighted by Crippen LogP contribution is -2.04. The highest BCUT2D eigenvalue weighted by atomic mass is 15.3. The lowest BCUT2D eigenvalue weighted by atomic mass is 10.3. The van der Waals surface area contributed by atoms with Crippen molar-refractivity contribution < 1.29 is 0 Å². The van der Waals surface area contributed by atoms with Crippen LogP contribution in [-0.4, -0.2) is 31.5 Å². The Labute approximate surface area is 93.1 Å². The van der Waals surface area contributed by atoms with Gasteiger partial charge < -0.3 is 5.32 Å². The van der Waals surface area contributed by atoms with E-state index in [1.54, 1.807) is 10.9 Å². The van der Waals surface area contributed by atoms with Gasteiger partial charge in [0.15, 0.2) is 5.82 Å². The molecule has 2 aromatic heterocycles. The predicted octanol–water partition coefficient (Wildman–Crippen LogP) is 1.03. The highest BCUT2D eigenvalue weighted by molar-refractivity contribution is 5.53. The SMILES string of the molecule is Cn1cc(-c2nc(NCC3CC3)n[nH]2)cn1. The fourth-order valence-electron chi connectivity index (χ4n) is 1.57. The van der Waals surface area contributed by atoms with Crippen molar-refractivity contribution in [2.45, 2.75) is 12.8 Å². The molecule has 0 saturated heterocycles. The maximum Gasteiger partial charge on any atom is 0.242 e. The summed E-state index contributed by atoms with van der Waals surface area (Å²) in [5.74, 6) is 2.25. The predicted molar refractivity (Wildman–Crippen MR) is 59.8 cm³/mol. The number of aromatic nitrogens is 5. The lowest BCUT2D eigenvalue weighted by Gasteiger charge is -1.96. The number of hydrogen-bond acceptors (Lipinski definition) is 4. The minimum atomic E-state index is 0.672. The van der Waals surface area contributed by atoms with Crippen molar-refractivity contribution in [3.8, 4) is 11.4 Å². The average molecular weight is 218 g/mol. The summed E-state index contributed by atoms with van der Waals surface area (Å²) in [6.07, 6.45) is 6.33. The average Bonchev–Trinajstić information content (AvgIpc) is 2.81. The summed E-state index contributed by atoms with van der Waals surface area (Å²) in [5.41, 5.74) is 0.953. The maximum absolute atomic E-state index is 4.36. The first-order valence-electron chi connectivity index (χ1n) is 5.46. The van der Waals surface area contributed by atoms with Gasteiger partial charge in [0.2, 0.25) is 5.95 Å². The fraction of sp³-hybridized carbons (Fsp3) is 0.500. The Balaban J connectivity index is 1.71. The molecule has 1 fully saturated rings. The first kappa shape index (κ1) is 9.38. The Morgan fingerprint density at radius 1 is 1.56 bits per heavy atom. The normalized spacial score (nSPS) is 15.3. The summed E-state index contributed by atoms with van der Waals surface area (Å²) in [4.78, 5) is 4.36. The standard InChI is InChI=1S/C10H14N6/c1-16-6-8(5-12-16)9-13-10(15-14-9)11-4-7-2-3-7/h5-7H,2-4H2,1H3,(H2,11,13,14,15). The molecule has 0 atom stereocenters. The molecule has 0 bridgehead atoms. The second kappa shape index (κ2) is 3.62. The molecule has 0 aromatic carbocycles. The molecule has 0 amide bonds. The van der Waals surface area contributed by atoms with Crippen LogP contribution < -0.4 is 5.32 Å². The van der Waals surface area contributed by atoms with E-state index in [4.69, 9.17) is 0 Å². The van der Waals surface area contributed by atoms with Gasteiger partial charge in [0.05, 0.1) is 11.8 Å². The van der Waals surface area contributed by atoms with Gasteiger partial charge in [-0.05, 0) is 18.8 Å². The number of hydrogen-bond donors (Lipinski definition) is 2. The minimum absolute atomic E-state index is 0.672. The third kappa shape index (κ3) is 1.91. The van der Waals surface area contributed by atoms with Crippen LogP contribution in [0.2, 0.25) is 0 Å². The van der Waals surface area contributed by atoms with Gasteiger partial charge in [0, 0.05) is 19.8 Å². The van der Waals surface area contributed by atoms with Gasteiger partial charge in [-0.1, -0.05) is 0 Å². The third-order valence-corrected chi connectivity index (χ3v) is 2.71. The smallest absolute Gasteiger partial charge is 0.242 e. The highest BCUT2D eigenvalue weighted by Gasteiger charge is 2.21. The Hall–Kier alpha value is -1.85. The molecule has 2 heterocycles. The van der Waals surface area contributed by atoms with Crippen molar-refractivity contribution in [2.75, 3.05) is 11.9 Å². The second-order valence-electron chi connectivity index (χ2n) is 4.23. The van der Waals surface area contributed by atoms with Crippen molar-refractivity contribution in [3.63, 3.8) is 0 Å². The molecule has 3 rings (SSSR count). The van der Waals surface area contributed by atoms with E-state index in [0.717, 1.165) is 23.9 Å². The van der Waals surface area contributed by atoms with Crippen LogP contribution in [0.25, 0.3) is 11.4 Å². The van der Waals surface area contributed by atoms with Crippen LogP contribution in [0.1, 0.15) is 12.8 Å². The zero-order valence-electron chi connectivity index (χ0n) is 9.14. The largest absolute Gasteiger partial charge is 0.353 e. The first-order chi connectivity index (χ1) is 7.81. The van der Waals surface area contributed by atoms with E-state index in [1.165, 1.54) is 12.8 Å². The molecule has 6 nitrogen and oxygen atoms in total. The third-order valence-electron chi connectivity index (χ3n) is 2.71. The van der Waals surface area contributed by atoms with Crippen LogP contribution in [0.15, 0.2) is 12.4 Å². The number of anilines is 1. The Kier molecular flexibility index (Phi) is 2.12. The van der Waals surface area contributed by atoms with E-state index in [-0.39, 0.29) is 0 Å². The van der Waals surface area contributed by atoms with Gasteiger partial charge in [-0.25, -0.2) is 0 Å². The van der Waals surface area contributed by atoms with Crippen LogP contribution >= 0.6 is 0 Å². The number of nitrogens with zero attached hydrogens (tertiary/aromatic N) is 4. The number of aromatic amines is 1. The van der Waals surface area contributed by atoms with Gasteiger partial charge in [-0.3, -0.25) is 9.78 Å². The quantitative estimate of drug-likeness (QED) is 0.804. The number of rotatable bonds is 4. The molecule has 2 N–H and O–H groups in total. The summed E-state index contributed by atoms with van der Waals surface area (Å²) < 4.78 is 1.75. The van der Waals surface area contributed by atoms with Gasteiger partial charge in [0.1, 0.15) is 0 Å². The Morgan fingerprint density at radius 3 is 3.12 bits per heavy atom. The maximum atomic E-state index is 4.36. The van der Waals surface area contributed by atoms with E-state index < -0.39 is 0 Å². The molecule has 6 heteroatoms. The van der Waals surface area contributed by atoms with Gasteiger partial charge in [-0.15, -0.1) is 5.10 Å². The molecular weight excluding hydrogens is 204 g/mol. The fourth-order valence-corrected chi connectivity index (χ4v) is 1.57. The monoisotopic (exact) mass is 218 g/mol. The minimum Gasteiger partial charge on any atom is -0.353 e. The summed E-state index contributed by atoms with van der Waals surface area (Å²) >= 11 is 0. The summed E-state index contributed by atoms with van der Waals surface area (Å²) in [6, 6.07) is 0. The Morgan fingerprint density at radius 2 is 2.44 bits per heavy atom. The van der Waals surface area contributed by atoms with E-state index in [9.17, 15) is 0 Å². The summed E-state index contributed by atoms with van der Waals surface area (Å²) in [7, 11) is 1.88. The van der Waals surface area contributed by atoms with E-state index in [0.29, 0.717) is 5.95 Å². The van der Waals surface area contributed by atoms with Gasteiger partial charge in [-0.2, -0.15) is 10.1 Å². The lowest BCUT2D eigenvalue weighted by molar-refractivity contribution is 0.768. The van der Waals surface area contributed by atoms with E-state index >= 15 is 0 Å². The first-order valence-corrected chi connectivity index (χ1v) is 5.46. The van der Waals surface area contributed by atoms with Crippen LogP contribution in [0.3, 0.4) is 0 Å². The van der Waals surface area contributed by atoms with Crippen LogP contribution in [-0.2, 0) is 7.05 Å². The molecule has 84 valence electrons. The van der Waals surface area contributed by atoms with E-state index in [2.05, 4.69) is 25.6 Å². The molecule has 1 aliphatic rings. The molecule has 2 aromatic rings. The highest BCUT2D eigenvalue weighted by Crippen LogP contribution is 2.28. The van der Waals surface area contributed by atoms with E-state index in [1.807, 2.05) is 13.2 Å². The molecule has 0 radical (unpaired) electrons. The molecular formula is C10H14N6. The summed E-state index contributed by atoms with van der Waals surface area (Å²) in [6.45, 7) is 0.977. The molecule has 1 saturated carbocycles. The number of nitrogens with one attached hydrogen (secondary N) is 2. The van der Waals surface area contributed by atoms with Crippen molar-refractivity contribution in [1.29, 1.82) is 0 Å². The van der Waals surface area contributed by atoms with Crippen molar-refractivity contribution in [2.24, 2.45) is 13.0 Å². The van der Waals surface area contributed by atoms with Gasteiger partial charge >= 0.3 is 0 Å². The van der Waals surface area contributed by atoms with Crippen LogP contribution in [0, 0.1) is 5.92 Å². The van der Waals surface area contributed by atoms with Crippen molar-refractivity contribution in [3.05, 3.63) is 12.4 Å². The topological polar surface area (TPSA) is 71.4 Å². The van der Waals surface area contributed by atoms with Crippen molar-refractivity contribution in [1.82, 2.24) is 25.0 Å². The van der Waals surface area contributed by atoms with Crippen LogP contribution in [0.5, 0.6) is 0 Å². The van der Waals surface area contributed by atoms with Crippen LogP contribution in [0.4, 0.5) is 5.95 Å². The number of aryl methyl sites for hydroxylation is 1. The zero-order valence-corrected chi connectivity index (χ0v) is 9.14. The zero-order chi connectivity index (χ0) is 11.0. The number of H-pyrrole nitrogens is 1. The second-order valence-corrected chi connectivity index (χ2v) is 4.23. The molecule has 0 aliphatic heterocycles. The molecule has 1 aliphatic carbocycles.